The molecule has 14 bridgehead atoms. The molecular formula is C76H51N5O. The van der Waals surface area contributed by atoms with Gasteiger partial charge in [0.15, 0.2) is 0 Å². The Morgan fingerprint density at radius 1 is 0.415 bits per heavy atom. The summed E-state index contributed by atoms with van der Waals surface area (Å²) in [6.45, 7) is 6.76. The predicted molar refractivity (Wildman–Crippen MR) is 341 cm³/mol. The van der Waals surface area contributed by atoms with Crippen molar-refractivity contribution in [1.82, 2.24) is 18.4 Å². The lowest BCUT2D eigenvalue weighted by atomic mass is 9.88. The summed E-state index contributed by atoms with van der Waals surface area (Å²) < 4.78 is 16.3. The highest BCUT2D eigenvalue weighted by molar-refractivity contribution is 6.24. The van der Waals surface area contributed by atoms with Gasteiger partial charge in [0.2, 0.25) is 0 Å². The van der Waals surface area contributed by atoms with Crippen molar-refractivity contribution in [3.63, 3.8) is 0 Å². The van der Waals surface area contributed by atoms with Gasteiger partial charge in [-0.15, -0.1) is 0 Å². The average molecular weight is 1050 g/mol. The summed E-state index contributed by atoms with van der Waals surface area (Å²) >= 11 is 0. The van der Waals surface area contributed by atoms with Crippen molar-refractivity contribution in [2.75, 3.05) is 0 Å². The normalized spacial score (nSPS) is 12.3. The Labute approximate surface area is 471 Å². The van der Waals surface area contributed by atoms with Crippen molar-refractivity contribution in [3.05, 3.63) is 267 Å². The topological polar surface area (TPSA) is 43.9 Å². The molecule has 0 atom stereocenters. The Balaban J connectivity index is 1.09. The first-order chi connectivity index (χ1) is 40.3. The fourth-order valence-corrected chi connectivity index (χ4v) is 13.4. The van der Waals surface area contributed by atoms with Gasteiger partial charge in [-0.25, -0.2) is 4.98 Å². The van der Waals surface area contributed by atoms with E-state index in [4.69, 9.17) is 9.40 Å². The van der Waals surface area contributed by atoms with Gasteiger partial charge in [-0.3, -0.25) is 13.4 Å². The van der Waals surface area contributed by atoms with E-state index in [0.717, 1.165) is 126 Å². The molecule has 0 radical (unpaired) electrons. The smallest absolute Gasteiger partial charge is 0.269 e. The van der Waals surface area contributed by atoms with Crippen LogP contribution in [0.4, 0.5) is 0 Å². The third-order valence-electron chi connectivity index (χ3n) is 17.2. The molecule has 1 aliphatic heterocycles. The summed E-state index contributed by atoms with van der Waals surface area (Å²) in [5.41, 5.74) is 16.7. The molecule has 0 aliphatic carbocycles. The molecule has 7 heterocycles. The van der Waals surface area contributed by atoms with Crippen molar-refractivity contribution in [3.8, 4) is 28.1 Å². The summed E-state index contributed by atoms with van der Waals surface area (Å²) in [6, 6.07) is 91.2. The molecule has 6 aromatic heterocycles. The largest absolute Gasteiger partial charge is 0.458 e. The first-order valence-corrected chi connectivity index (χ1v) is 28.2. The zero-order valence-electron chi connectivity index (χ0n) is 45.4. The number of nitrogens with zero attached hydrogens (tertiary/aromatic N) is 5. The second-order valence-electron chi connectivity index (χ2n) is 22.9. The summed E-state index contributed by atoms with van der Waals surface area (Å²) in [4.78, 5) is 5.06. The second kappa shape index (κ2) is 17.5. The number of benzene rings is 11. The molecule has 18 rings (SSSR count). The van der Waals surface area contributed by atoms with Crippen molar-refractivity contribution < 1.29 is 8.82 Å². The second-order valence-corrected chi connectivity index (χ2v) is 22.9. The van der Waals surface area contributed by atoms with Gasteiger partial charge in [0.25, 0.3) is 6.33 Å². The van der Waals surface area contributed by atoms with Crippen LogP contribution in [0.3, 0.4) is 0 Å². The highest BCUT2D eigenvalue weighted by Gasteiger charge is 2.23. The quantitative estimate of drug-likeness (QED) is 0.121. The third kappa shape index (κ3) is 6.94. The van der Waals surface area contributed by atoms with Gasteiger partial charge in [0.1, 0.15) is 17.0 Å². The molecule has 0 N–H and O–H groups in total. The minimum absolute atomic E-state index is 0.0754. The molecule has 0 amide bonds. The maximum Gasteiger partial charge on any atom is 0.269 e. The Morgan fingerprint density at radius 2 is 1.06 bits per heavy atom. The molecule has 6 nitrogen and oxygen atoms in total. The molecule has 386 valence electrons. The van der Waals surface area contributed by atoms with Crippen LogP contribution in [0.2, 0.25) is 0 Å². The van der Waals surface area contributed by atoms with E-state index < -0.39 is 0 Å². The lowest BCUT2D eigenvalue weighted by Crippen LogP contribution is -2.19. The fourth-order valence-electron chi connectivity index (χ4n) is 13.4. The molecule has 0 saturated carbocycles. The number of fused-ring (bicyclic) bond motifs is 6. The van der Waals surface area contributed by atoms with Crippen LogP contribution in [0.15, 0.2) is 259 Å². The van der Waals surface area contributed by atoms with E-state index in [2.05, 4.69) is 288 Å². The molecular weight excluding hydrogens is 999 g/mol. The molecule has 0 fully saturated rings. The van der Waals surface area contributed by atoms with Gasteiger partial charge in [-0.2, -0.15) is 0 Å². The van der Waals surface area contributed by atoms with E-state index in [9.17, 15) is 0 Å². The van der Waals surface area contributed by atoms with Crippen LogP contribution in [0.1, 0.15) is 26.3 Å². The van der Waals surface area contributed by atoms with Crippen LogP contribution >= 0.6 is 0 Å². The molecule has 0 spiro atoms. The number of imidazole rings is 1. The van der Waals surface area contributed by atoms with Gasteiger partial charge in [-0.05, 0) is 156 Å². The third-order valence-corrected chi connectivity index (χ3v) is 17.2. The molecule has 82 heavy (non-hydrogen) atoms. The zero-order chi connectivity index (χ0) is 54.4. The summed E-state index contributed by atoms with van der Waals surface area (Å²) in [5.74, 6) is 0.862. The van der Waals surface area contributed by atoms with E-state index in [1.54, 1.807) is 0 Å². The molecule has 17 aromatic rings. The standard InChI is InChI=1S/C76H51N5O/c1-76(2,3)51-38-39-77-72(43-51)81-69-37-32-50-42-66(69)61-34-33-55(45-71(61)81)82-54-21-14-19-52(44-54)78-46-79-67-29-10-9-27-65(67)73-62(58-24-6-7-25-59(58)63-28-15-31-70(78)74(63)79)35-36-64-60-26-8-11-30-68(60)80(75(64)73)53-20-13-17-48(41-53)47-16-12-18-49(40-47)56-22-4-5-23-57(50)56/h4-45H,1-3H3. The first-order valence-electron chi connectivity index (χ1n) is 28.2. The molecule has 0 unspecified atom stereocenters. The van der Waals surface area contributed by atoms with E-state index in [1.807, 2.05) is 12.3 Å². The number of hydrogen-bond acceptors (Lipinski definition) is 2. The average Bonchev–Trinajstić information content (AvgIpc) is 4.29. The SMILES string of the molecule is CC(C)(C)c1ccnc(-n2c3ccc4cc3c3ccc(cc32)oc2cccc(c2)n2[c-][n+]3c5ccccc5c5c(ccc6c7ccccc7n(c7cccc(c7)c7cccc(c7)c7ccccc47)c65)-c4ccccc4-c4cccc2c43)c1. The number of rotatable bonds is 1. The molecule has 1 aliphatic rings. The van der Waals surface area contributed by atoms with E-state index >= 15 is 0 Å². The van der Waals surface area contributed by atoms with Gasteiger partial charge in [0, 0.05) is 44.7 Å². The van der Waals surface area contributed by atoms with Gasteiger partial charge in [0.05, 0.1) is 44.1 Å². The zero-order valence-corrected chi connectivity index (χ0v) is 45.4. The lowest BCUT2D eigenvalue weighted by molar-refractivity contribution is -0.485. The van der Waals surface area contributed by atoms with Crippen LogP contribution in [-0.4, -0.2) is 18.4 Å². The van der Waals surface area contributed by atoms with Crippen LogP contribution in [-0.2, 0) is 5.41 Å². The van der Waals surface area contributed by atoms with Crippen LogP contribution in [0.25, 0.3) is 154 Å². The van der Waals surface area contributed by atoms with Crippen molar-refractivity contribution in [2.24, 2.45) is 0 Å². The highest BCUT2D eigenvalue weighted by atomic mass is 16.3. The first kappa shape index (κ1) is 46.4. The van der Waals surface area contributed by atoms with Gasteiger partial charge in [-0.1, -0.05) is 178 Å². The fraction of sp³-hybridized carbons (Fsp3) is 0.0526. The predicted octanol–water partition coefficient (Wildman–Crippen LogP) is 19.4. The number of pyridine rings is 1. The van der Waals surface area contributed by atoms with Gasteiger partial charge < -0.3 is 8.82 Å². The Morgan fingerprint density at radius 3 is 1.91 bits per heavy atom. The summed E-state index contributed by atoms with van der Waals surface area (Å²) in [6.07, 6.45) is 5.90. The van der Waals surface area contributed by atoms with Gasteiger partial charge >= 0.3 is 0 Å². The van der Waals surface area contributed by atoms with Crippen molar-refractivity contribution in [1.29, 1.82) is 0 Å². The number of aromatic nitrogens is 5. The van der Waals surface area contributed by atoms with E-state index in [-0.39, 0.29) is 5.41 Å². The van der Waals surface area contributed by atoms with Crippen molar-refractivity contribution in [2.45, 2.75) is 26.2 Å². The van der Waals surface area contributed by atoms with Crippen LogP contribution < -0.4 is 4.40 Å². The Bertz CT molecular complexity index is 5710. The Kier molecular flexibility index (Phi) is 9.88. The van der Waals surface area contributed by atoms with Crippen LogP contribution in [0.5, 0.6) is 0 Å². The van der Waals surface area contributed by atoms with Crippen molar-refractivity contribution >= 4 is 125 Å². The summed E-state index contributed by atoms with van der Waals surface area (Å²) in [7, 11) is 0. The molecule has 0 saturated heterocycles. The Hall–Kier alpha value is -10.6. The maximum absolute atomic E-state index is 7.00. The lowest BCUT2D eigenvalue weighted by Gasteiger charge is -2.20. The number of hydrogen-bond donors (Lipinski definition) is 0. The minimum Gasteiger partial charge on any atom is -0.458 e. The monoisotopic (exact) mass is 1050 g/mol. The maximum atomic E-state index is 7.00. The van der Waals surface area contributed by atoms with E-state index in [0.29, 0.717) is 5.58 Å². The van der Waals surface area contributed by atoms with Crippen LogP contribution in [0, 0.1) is 6.33 Å². The highest BCUT2D eigenvalue weighted by Crippen LogP contribution is 2.45. The molecule has 6 heteroatoms. The minimum atomic E-state index is -0.0754. The number of para-hydroxylation sites is 3. The summed E-state index contributed by atoms with van der Waals surface area (Å²) in [5, 5.41) is 13.8. The molecule has 11 aromatic carbocycles. The van der Waals surface area contributed by atoms with E-state index in [1.165, 1.54) is 27.3 Å².